The Hall–Kier alpha value is -0.830. The van der Waals surface area contributed by atoms with Gasteiger partial charge >= 0.3 is 0 Å². The lowest BCUT2D eigenvalue weighted by Crippen LogP contribution is -2.35. The van der Waals surface area contributed by atoms with Crippen LogP contribution in [-0.4, -0.2) is 13.7 Å². The average Bonchev–Trinajstić information content (AvgIpc) is 2.27. The van der Waals surface area contributed by atoms with Crippen molar-refractivity contribution in [3.05, 3.63) is 29.8 Å². The molecule has 0 heterocycles. The van der Waals surface area contributed by atoms with Gasteiger partial charge in [0.25, 0.3) is 0 Å². The van der Waals surface area contributed by atoms with Gasteiger partial charge < -0.3 is 0 Å². The highest BCUT2D eigenvalue weighted by atomic mass is 32.2. The number of rotatable bonds is 3. The van der Waals surface area contributed by atoms with E-state index >= 15 is 0 Å². The van der Waals surface area contributed by atoms with Crippen molar-refractivity contribution < 1.29 is 8.42 Å². The first-order valence-corrected chi connectivity index (χ1v) is 8.30. The van der Waals surface area contributed by atoms with Crippen molar-refractivity contribution in [1.29, 1.82) is 0 Å². The molecule has 0 amide bonds. The standard InChI is InChI=1S/C16H26O2S/c1-12(2)19(17,18)14-11-9-8-10-13(14)16(6,7)15(3,4)5/h8-12H,1-7H3. The molecule has 1 aromatic rings. The predicted octanol–water partition coefficient (Wildman–Crippen LogP) is 4.19. The quantitative estimate of drug-likeness (QED) is 0.833. The van der Waals surface area contributed by atoms with Crippen molar-refractivity contribution in [1.82, 2.24) is 0 Å². The van der Waals surface area contributed by atoms with Crippen molar-refractivity contribution in [2.75, 3.05) is 0 Å². The zero-order chi connectivity index (χ0) is 15.1. The molecule has 0 aliphatic rings. The molecule has 0 unspecified atom stereocenters. The molecule has 0 spiro atoms. The molecule has 19 heavy (non-hydrogen) atoms. The molecule has 0 radical (unpaired) electrons. The van der Waals surface area contributed by atoms with E-state index in [2.05, 4.69) is 34.6 Å². The van der Waals surface area contributed by atoms with Crippen molar-refractivity contribution in [2.45, 2.75) is 64.0 Å². The Labute approximate surface area is 118 Å². The number of hydrogen-bond acceptors (Lipinski definition) is 2. The van der Waals surface area contributed by atoms with E-state index in [1.807, 2.05) is 12.1 Å². The fraction of sp³-hybridized carbons (Fsp3) is 0.625. The van der Waals surface area contributed by atoms with E-state index < -0.39 is 15.1 Å². The highest BCUT2D eigenvalue weighted by Gasteiger charge is 2.38. The molecule has 0 aromatic heterocycles. The Morgan fingerprint density at radius 2 is 1.42 bits per heavy atom. The first-order chi connectivity index (χ1) is 8.42. The summed E-state index contributed by atoms with van der Waals surface area (Å²) < 4.78 is 25.1. The van der Waals surface area contributed by atoms with Crippen molar-refractivity contribution in [3.63, 3.8) is 0 Å². The van der Waals surface area contributed by atoms with E-state index in [9.17, 15) is 8.42 Å². The summed E-state index contributed by atoms with van der Waals surface area (Å²) in [5.74, 6) is 0. The van der Waals surface area contributed by atoms with E-state index in [0.717, 1.165) is 5.56 Å². The van der Waals surface area contributed by atoms with Gasteiger partial charge in [-0.1, -0.05) is 52.8 Å². The summed E-state index contributed by atoms with van der Waals surface area (Å²) in [7, 11) is -3.25. The molecule has 2 nitrogen and oxygen atoms in total. The van der Waals surface area contributed by atoms with Crippen LogP contribution in [0.15, 0.2) is 29.2 Å². The molecule has 0 saturated carbocycles. The van der Waals surface area contributed by atoms with E-state index in [1.54, 1.807) is 26.0 Å². The van der Waals surface area contributed by atoms with Crippen LogP contribution in [0.25, 0.3) is 0 Å². The van der Waals surface area contributed by atoms with E-state index in [-0.39, 0.29) is 10.8 Å². The molecule has 0 saturated heterocycles. The molecule has 1 rings (SSSR count). The monoisotopic (exact) mass is 282 g/mol. The van der Waals surface area contributed by atoms with Gasteiger partial charge in [-0.15, -0.1) is 0 Å². The van der Waals surface area contributed by atoms with E-state index in [1.165, 1.54) is 0 Å². The third-order valence-electron chi connectivity index (χ3n) is 4.36. The smallest absolute Gasteiger partial charge is 0.180 e. The zero-order valence-corrected chi connectivity index (χ0v) is 13.9. The first kappa shape index (κ1) is 16.2. The molecule has 0 fully saturated rings. The van der Waals surface area contributed by atoms with Crippen LogP contribution in [-0.2, 0) is 15.3 Å². The molecule has 0 aliphatic carbocycles. The van der Waals surface area contributed by atoms with Crippen molar-refractivity contribution >= 4 is 9.84 Å². The Morgan fingerprint density at radius 1 is 0.947 bits per heavy atom. The first-order valence-electron chi connectivity index (χ1n) is 6.76. The van der Waals surface area contributed by atoms with Crippen LogP contribution in [0.4, 0.5) is 0 Å². The van der Waals surface area contributed by atoms with E-state index in [4.69, 9.17) is 0 Å². The third-order valence-corrected chi connectivity index (χ3v) is 6.57. The second-order valence-electron chi connectivity index (χ2n) is 6.96. The Kier molecular flexibility index (Phi) is 4.21. The van der Waals surface area contributed by atoms with Gasteiger partial charge in [-0.05, 0) is 36.3 Å². The fourth-order valence-corrected chi connectivity index (χ4v) is 3.29. The third kappa shape index (κ3) is 2.86. The molecule has 0 bridgehead atoms. The summed E-state index contributed by atoms with van der Waals surface area (Å²) in [6.45, 7) is 14.1. The second-order valence-corrected chi connectivity index (χ2v) is 9.44. The Balaban J connectivity index is 3.58. The largest absolute Gasteiger partial charge is 0.223 e. The summed E-state index contributed by atoms with van der Waals surface area (Å²) in [6.07, 6.45) is 0. The Bertz CT molecular complexity index is 546. The van der Waals surface area contributed by atoms with Crippen LogP contribution in [0, 0.1) is 5.41 Å². The number of sulfone groups is 1. The predicted molar refractivity (Wildman–Crippen MR) is 81.2 cm³/mol. The topological polar surface area (TPSA) is 34.1 Å². The summed E-state index contributed by atoms with van der Waals surface area (Å²) in [5.41, 5.74) is 0.678. The molecule has 3 heteroatoms. The van der Waals surface area contributed by atoms with Gasteiger partial charge in [0.1, 0.15) is 0 Å². The lowest BCUT2D eigenvalue weighted by atomic mass is 9.65. The van der Waals surface area contributed by atoms with Crippen LogP contribution in [0.2, 0.25) is 0 Å². The van der Waals surface area contributed by atoms with Gasteiger partial charge in [-0.3, -0.25) is 0 Å². The fourth-order valence-electron chi connectivity index (χ4n) is 1.89. The van der Waals surface area contributed by atoms with E-state index in [0.29, 0.717) is 4.90 Å². The van der Waals surface area contributed by atoms with Gasteiger partial charge in [0.15, 0.2) is 9.84 Å². The molecular formula is C16H26O2S. The lowest BCUT2D eigenvalue weighted by Gasteiger charge is -2.40. The minimum atomic E-state index is -3.25. The van der Waals surface area contributed by atoms with Gasteiger partial charge in [-0.2, -0.15) is 0 Å². The van der Waals surface area contributed by atoms with Gasteiger partial charge in [0.2, 0.25) is 0 Å². The molecular weight excluding hydrogens is 256 g/mol. The molecule has 108 valence electrons. The van der Waals surface area contributed by atoms with Crippen LogP contribution in [0.3, 0.4) is 0 Å². The Morgan fingerprint density at radius 3 is 1.84 bits per heavy atom. The lowest BCUT2D eigenvalue weighted by molar-refractivity contribution is 0.221. The van der Waals surface area contributed by atoms with Crippen LogP contribution >= 0.6 is 0 Å². The maximum absolute atomic E-state index is 12.5. The summed E-state index contributed by atoms with van der Waals surface area (Å²) in [4.78, 5) is 0.477. The maximum atomic E-state index is 12.5. The maximum Gasteiger partial charge on any atom is 0.180 e. The summed E-state index contributed by atoms with van der Waals surface area (Å²) >= 11 is 0. The highest BCUT2D eigenvalue weighted by molar-refractivity contribution is 7.92. The molecule has 1 aromatic carbocycles. The molecule has 0 aliphatic heterocycles. The number of benzene rings is 1. The van der Waals surface area contributed by atoms with Gasteiger partial charge in [-0.25, -0.2) is 8.42 Å². The number of hydrogen-bond donors (Lipinski definition) is 0. The van der Waals surface area contributed by atoms with Crippen LogP contribution in [0.1, 0.15) is 54.0 Å². The summed E-state index contributed by atoms with van der Waals surface area (Å²) in [6, 6.07) is 7.40. The molecule has 0 atom stereocenters. The molecule has 0 N–H and O–H groups in total. The van der Waals surface area contributed by atoms with Crippen molar-refractivity contribution in [2.24, 2.45) is 5.41 Å². The summed E-state index contributed by atoms with van der Waals surface area (Å²) in [5, 5.41) is -0.399. The normalized spacial score (nSPS) is 13.9. The van der Waals surface area contributed by atoms with Crippen LogP contribution < -0.4 is 0 Å². The highest BCUT2D eigenvalue weighted by Crippen LogP contribution is 2.43. The van der Waals surface area contributed by atoms with Crippen LogP contribution in [0.5, 0.6) is 0 Å². The van der Waals surface area contributed by atoms with Gasteiger partial charge in [0, 0.05) is 0 Å². The van der Waals surface area contributed by atoms with Crippen molar-refractivity contribution in [3.8, 4) is 0 Å². The SMILES string of the molecule is CC(C)S(=O)(=O)c1ccccc1C(C)(C)C(C)(C)C. The minimum absolute atomic E-state index is 0.0183. The average molecular weight is 282 g/mol. The minimum Gasteiger partial charge on any atom is -0.223 e. The second kappa shape index (κ2) is 4.93. The van der Waals surface area contributed by atoms with Gasteiger partial charge in [0.05, 0.1) is 10.1 Å². The zero-order valence-electron chi connectivity index (χ0n) is 13.1.